The Bertz CT molecular complexity index is 679. The number of carbonyl (C=O) groups excluding carboxylic acids is 1. The van der Waals surface area contributed by atoms with E-state index in [2.05, 4.69) is 10.4 Å². The molecule has 6 heteroatoms. The monoisotopic (exact) mass is 287 g/mol. The summed E-state index contributed by atoms with van der Waals surface area (Å²) in [4.78, 5) is 12.2. The quantitative estimate of drug-likeness (QED) is 0.932. The van der Waals surface area contributed by atoms with Gasteiger partial charge >= 0.3 is 0 Å². The second kappa shape index (κ2) is 5.47. The van der Waals surface area contributed by atoms with E-state index in [1.165, 1.54) is 0 Å². The van der Waals surface area contributed by atoms with Crippen molar-refractivity contribution in [3.63, 3.8) is 0 Å². The number of benzene rings is 1. The van der Waals surface area contributed by atoms with Gasteiger partial charge in [0, 0.05) is 13.1 Å². The SMILES string of the molecule is CCn1nc(C)cc1C(=O)NCc1ccc2c(c1)OCO2. The largest absolute Gasteiger partial charge is 0.454 e. The molecule has 0 atom stereocenters. The number of rotatable bonds is 4. The summed E-state index contributed by atoms with van der Waals surface area (Å²) < 4.78 is 12.3. The van der Waals surface area contributed by atoms with Crippen LogP contribution < -0.4 is 14.8 Å². The van der Waals surface area contributed by atoms with Crippen molar-refractivity contribution < 1.29 is 14.3 Å². The minimum atomic E-state index is -0.130. The molecule has 0 spiro atoms. The second-order valence-electron chi connectivity index (χ2n) is 4.86. The topological polar surface area (TPSA) is 65.4 Å². The Morgan fingerprint density at radius 2 is 2.14 bits per heavy atom. The number of nitrogens with zero attached hydrogens (tertiary/aromatic N) is 2. The van der Waals surface area contributed by atoms with Crippen molar-refractivity contribution in [2.75, 3.05) is 6.79 Å². The van der Waals surface area contributed by atoms with E-state index in [0.717, 1.165) is 22.8 Å². The number of aryl methyl sites for hydroxylation is 2. The summed E-state index contributed by atoms with van der Waals surface area (Å²) in [5.41, 5.74) is 2.38. The molecule has 0 unspecified atom stereocenters. The maximum atomic E-state index is 12.2. The van der Waals surface area contributed by atoms with E-state index in [4.69, 9.17) is 9.47 Å². The van der Waals surface area contributed by atoms with E-state index >= 15 is 0 Å². The predicted molar refractivity (Wildman–Crippen MR) is 76.4 cm³/mol. The highest BCUT2D eigenvalue weighted by molar-refractivity contribution is 5.92. The lowest BCUT2D eigenvalue weighted by Crippen LogP contribution is -2.25. The highest BCUT2D eigenvalue weighted by atomic mass is 16.7. The van der Waals surface area contributed by atoms with Gasteiger partial charge in [-0.3, -0.25) is 9.48 Å². The van der Waals surface area contributed by atoms with Crippen molar-refractivity contribution in [1.82, 2.24) is 15.1 Å². The van der Waals surface area contributed by atoms with Crippen LogP contribution in [0.5, 0.6) is 11.5 Å². The summed E-state index contributed by atoms with van der Waals surface area (Å²) in [6.45, 7) is 5.19. The predicted octanol–water partition coefficient (Wildman–Crippen LogP) is 1.87. The highest BCUT2D eigenvalue weighted by Crippen LogP contribution is 2.32. The Labute approximate surface area is 122 Å². The molecule has 1 N–H and O–H groups in total. The lowest BCUT2D eigenvalue weighted by Gasteiger charge is -2.07. The molecule has 0 fully saturated rings. The van der Waals surface area contributed by atoms with Crippen LogP contribution in [0.15, 0.2) is 24.3 Å². The van der Waals surface area contributed by atoms with Gasteiger partial charge in [-0.15, -0.1) is 0 Å². The fourth-order valence-corrected chi connectivity index (χ4v) is 2.29. The molecule has 0 radical (unpaired) electrons. The van der Waals surface area contributed by atoms with Crippen LogP contribution in [0.1, 0.15) is 28.7 Å². The van der Waals surface area contributed by atoms with Crippen molar-refractivity contribution in [2.24, 2.45) is 0 Å². The molecule has 110 valence electrons. The summed E-state index contributed by atoms with van der Waals surface area (Å²) in [5, 5.41) is 7.17. The molecule has 1 aromatic carbocycles. The van der Waals surface area contributed by atoms with Gasteiger partial charge in [0.2, 0.25) is 6.79 Å². The first kappa shape index (κ1) is 13.5. The van der Waals surface area contributed by atoms with Crippen LogP contribution in [0.3, 0.4) is 0 Å². The van der Waals surface area contributed by atoms with E-state index in [1.807, 2.05) is 32.0 Å². The highest BCUT2D eigenvalue weighted by Gasteiger charge is 2.15. The maximum Gasteiger partial charge on any atom is 0.269 e. The summed E-state index contributed by atoms with van der Waals surface area (Å²) in [7, 11) is 0. The molecule has 21 heavy (non-hydrogen) atoms. The fraction of sp³-hybridized carbons (Fsp3) is 0.333. The number of nitrogens with one attached hydrogen (secondary N) is 1. The van der Waals surface area contributed by atoms with Gasteiger partial charge in [-0.1, -0.05) is 6.07 Å². The number of carbonyl (C=O) groups is 1. The van der Waals surface area contributed by atoms with E-state index in [9.17, 15) is 4.79 Å². The normalized spacial score (nSPS) is 12.5. The van der Waals surface area contributed by atoms with Gasteiger partial charge in [0.05, 0.1) is 5.69 Å². The fourth-order valence-electron chi connectivity index (χ4n) is 2.29. The van der Waals surface area contributed by atoms with E-state index in [-0.39, 0.29) is 12.7 Å². The van der Waals surface area contributed by atoms with Crippen molar-refractivity contribution in [1.29, 1.82) is 0 Å². The molecule has 0 saturated heterocycles. The van der Waals surface area contributed by atoms with Crippen LogP contribution in [0.2, 0.25) is 0 Å². The Hall–Kier alpha value is -2.50. The molecule has 2 aromatic rings. The lowest BCUT2D eigenvalue weighted by atomic mass is 10.2. The average Bonchev–Trinajstić information content (AvgIpc) is 3.09. The van der Waals surface area contributed by atoms with Crippen molar-refractivity contribution in [2.45, 2.75) is 26.9 Å². The third-order valence-corrected chi connectivity index (χ3v) is 3.32. The van der Waals surface area contributed by atoms with Crippen molar-refractivity contribution >= 4 is 5.91 Å². The van der Waals surface area contributed by atoms with Gasteiger partial charge in [-0.2, -0.15) is 5.10 Å². The summed E-state index contributed by atoms with van der Waals surface area (Å²) in [6.07, 6.45) is 0. The van der Waals surface area contributed by atoms with Crippen LogP contribution in [0, 0.1) is 6.92 Å². The first-order chi connectivity index (χ1) is 10.2. The zero-order chi connectivity index (χ0) is 14.8. The lowest BCUT2D eigenvalue weighted by molar-refractivity contribution is 0.0940. The molecule has 1 aromatic heterocycles. The van der Waals surface area contributed by atoms with Crippen LogP contribution in [0.4, 0.5) is 0 Å². The standard InChI is InChI=1S/C15H17N3O3/c1-3-18-12(6-10(2)17-18)15(19)16-8-11-4-5-13-14(7-11)21-9-20-13/h4-7H,3,8-9H2,1-2H3,(H,16,19). The third kappa shape index (κ3) is 2.69. The van der Waals surface area contributed by atoms with E-state index in [1.54, 1.807) is 10.7 Å². The molecule has 1 aliphatic rings. The first-order valence-electron chi connectivity index (χ1n) is 6.88. The van der Waals surface area contributed by atoms with Crippen LogP contribution in [-0.4, -0.2) is 22.5 Å². The summed E-state index contributed by atoms with van der Waals surface area (Å²) in [6, 6.07) is 7.43. The first-order valence-corrected chi connectivity index (χ1v) is 6.88. The molecule has 0 aliphatic carbocycles. The van der Waals surface area contributed by atoms with Crippen LogP contribution >= 0.6 is 0 Å². The second-order valence-corrected chi connectivity index (χ2v) is 4.86. The summed E-state index contributed by atoms with van der Waals surface area (Å²) in [5.74, 6) is 1.33. The third-order valence-electron chi connectivity index (χ3n) is 3.32. The number of amides is 1. The maximum absolute atomic E-state index is 12.2. The number of fused-ring (bicyclic) bond motifs is 1. The van der Waals surface area contributed by atoms with Crippen LogP contribution in [-0.2, 0) is 13.1 Å². The van der Waals surface area contributed by atoms with Gasteiger partial charge < -0.3 is 14.8 Å². The molecule has 0 saturated carbocycles. The minimum Gasteiger partial charge on any atom is -0.454 e. The molecule has 3 rings (SSSR count). The molecule has 1 amide bonds. The van der Waals surface area contributed by atoms with E-state index in [0.29, 0.717) is 18.8 Å². The van der Waals surface area contributed by atoms with Gasteiger partial charge in [0.1, 0.15) is 5.69 Å². The smallest absolute Gasteiger partial charge is 0.269 e. The Morgan fingerprint density at radius 1 is 1.33 bits per heavy atom. The van der Waals surface area contributed by atoms with Gasteiger partial charge in [-0.05, 0) is 37.6 Å². The van der Waals surface area contributed by atoms with Gasteiger partial charge in [0.25, 0.3) is 5.91 Å². The van der Waals surface area contributed by atoms with Crippen molar-refractivity contribution in [3.8, 4) is 11.5 Å². The average molecular weight is 287 g/mol. The number of hydrogen-bond donors (Lipinski definition) is 1. The Morgan fingerprint density at radius 3 is 2.95 bits per heavy atom. The number of aromatic nitrogens is 2. The van der Waals surface area contributed by atoms with Crippen LogP contribution in [0.25, 0.3) is 0 Å². The molecule has 1 aliphatic heterocycles. The van der Waals surface area contributed by atoms with Gasteiger partial charge in [-0.25, -0.2) is 0 Å². The van der Waals surface area contributed by atoms with Gasteiger partial charge in [0.15, 0.2) is 11.5 Å². The minimum absolute atomic E-state index is 0.130. The molecule has 0 bridgehead atoms. The number of ether oxygens (including phenoxy) is 2. The number of hydrogen-bond acceptors (Lipinski definition) is 4. The molecule has 2 heterocycles. The Kier molecular flexibility index (Phi) is 3.51. The molecule has 6 nitrogen and oxygen atoms in total. The zero-order valence-electron chi connectivity index (χ0n) is 12.0. The summed E-state index contributed by atoms with van der Waals surface area (Å²) >= 11 is 0. The molecular formula is C15H17N3O3. The van der Waals surface area contributed by atoms with E-state index < -0.39 is 0 Å². The van der Waals surface area contributed by atoms with Crippen molar-refractivity contribution in [3.05, 3.63) is 41.2 Å². The zero-order valence-corrected chi connectivity index (χ0v) is 12.0. The Balaban J connectivity index is 1.68. The molecular weight excluding hydrogens is 270 g/mol.